The van der Waals surface area contributed by atoms with Gasteiger partial charge in [0, 0.05) is 12.5 Å². The topological polar surface area (TPSA) is 68.3 Å². The lowest BCUT2D eigenvalue weighted by atomic mass is 10.1. The van der Waals surface area contributed by atoms with Crippen molar-refractivity contribution in [1.82, 2.24) is 4.98 Å². The van der Waals surface area contributed by atoms with Crippen LogP contribution in [0, 0.1) is 11.6 Å². The van der Waals surface area contributed by atoms with Gasteiger partial charge < -0.3 is 10.1 Å². The molecule has 0 aliphatic carbocycles. The highest BCUT2D eigenvalue weighted by molar-refractivity contribution is 7.18. The largest absolute Gasteiger partial charge is 0.465 e. The third-order valence-electron chi connectivity index (χ3n) is 3.87. The Kier molecular flexibility index (Phi) is 5.75. The zero-order valence-corrected chi connectivity index (χ0v) is 15.2. The summed E-state index contributed by atoms with van der Waals surface area (Å²) >= 11 is 1.57. The van der Waals surface area contributed by atoms with E-state index in [4.69, 9.17) is 0 Å². The smallest absolute Gasteiger partial charge is 0.340 e. The predicted octanol–water partition coefficient (Wildman–Crippen LogP) is 4.32. The molecular formula is C19H16F2N2O3S. The number of esters is 1. The summed E-state index contributed by atoms with van der Waals surface area (Å²) in [5.74, 6) is -3.39. The van der Waals surface area contributed by atoms with Crippen LogP contribution in [0.2, 0.25) is 0 Å². The van der Waals surface area contributed by atoms with Gasteiger partial charge in [-0.25, -0.2) is 18.6 Å². The summed E-state index contributed by atoms with van der Waals surface area (Å²) in [5.41, 5.74) is 0.219. The van der Waals surface area contributed by atoms with Crippen LogP contribution in [0.25, 0.3) is 10.2 Å². The molecule has 1 heterocycles. The van der Waals surface area contributed by atoms with Gasteiger partial charge in [-0.15, -0.1) is 11.3 Å². The first kappa shape index (κ1) is 18.9. The molecule has 0 radical (unpaired) electrons. The molecule has 2 aromatic carbocycles. The maximum Gasteiger partial charge on any atom is 0.340 e. The zero-order valence-electron chi connectivity index (χ0n) is 14.4. The Morgan fingerprint density at radius 2 is 1.96 bits per heavy atom. The Labute approximate surface area is 158 Å². The highest BCUT2D eigenvalue weighted by Gasteiger charge is 2.17. The number of nitrogens with zero attached hydrogens (tertiary/aromatic N) is 1. The molecule has 1 N–H and O–H groups in total. The molecule has 0 aliphatic heterocycles. The second-order valence-corrected chi connectivity index (χ2v) is 6.90. The van der Waals surface area contributed by atoms with Crippen molar-refractivity contribution in [1.29, 1.82) is 0 Å². The van der Waals surface area contributed by atoms with E-state index >= 15 is 0 Å². The van der Waals surface area contributed by atoms with Gasteiger partial charge in [0.25, 0.3) is 0 Å². The third kappa shape index (κ3) is 4.46. The molecule has 0 spiro atoms. The minimum absolute atomic E-state index is 0.139. The van der Waals surface area contributed by atoms with Crippen molar-refractivity contribution in [3.8, 4) is 0 Å². The molecule has 5 nitrogen and oxygen atoms in total. The number of hydrogen-bond donors (Lipinski definition) is 1. The number of amides is 1. The van der Waals surface area contributed by atoms with E-state index in [1.807, 2.05) is 24.3 Å². The SMILES string of the molecule is COC(=O)c1cc(NC(=O)CCCc2nc3ccccc3s2)c(F)cc1F. The van der Waals surface area contributed by atoms with Crippen molar-refractivity contribution < 1.29 is 23.1 Å². The molecule has 0 unspecified atom stereocenters. The highest BCUT2D eigenvalue weighted by Crippen LogP contribution is 2.23. The minimum Gasteiger partial charge on any atom is -0.465 e. The number of aromatic nitrogens is 1. The Balaban J connectivity index is 1.59. The summed E-state index contributed by atoms with van der Waals surface area (Å²) in [6, 6.07) is 9.25. The summed E-state index contributed by atoms with van der Waals surface area (Å²) in [5, 5.41) is 3.29. The number of methoxy groups -OCH3 is 1. The Hall–Kier alpha value is -2.87. The quantitative estimate of drug-likeness (QED) is 0.637. The summed E-state index contributed by atoms with van der Waals surface area (Å²) < 4.78 is 33.0. The normalized spacial score (nSPS) is 10.8. The molecule has 0 bridgehead atoms. The highest BCUT2D eigenvalue weighted by atomic mass is 32.1. The van der Waals surface area contributed by atoms with Gasteiger partial charge in [0.15, 0.2) is 0 Å². The number of halogens is 2. The number of carbonyl (C=O) groups is 2. The Bertz CT molecular complexity index is 971. The maximum atomic E-state index is 13.8. The number of thiazole rings is 1. The number of carbonyl (C=O) groups excluding carboxylic acids is 2. The fourth-order valence-corrected chi connectivity index (χ4v) is 3.56. The number of hydrogen-bond acceptors (Lipinski definition) is 5. The second kappa shape index (κ2) is 8.22. The van der Waals surface area contributed by atoms with Gasteiger partial charge in [-0.3, -0.25) is 4.79 Å². The first-order chi connectivity index (χ1) is 13.0. The lowest BCUT2D eigenvalue weighted by Gasteiger charge is -2.09. The van der Waals surface area contributed by atoms with Crippen LogP contribution in [0.1, 0.15) is 28.2 Å². The van der Waals surface area contributed by atoms with Crippen LogP contribution in [0.4, 0.5) is 14.5 Å². The number of anilines is 1. The van der Waals surface area contributed by atoms with Gasteiger partial charge >= 0.3 is 5.97 Å². The molecule has 0 saturated carbocycles. The number of fused-ring (bicyclic) bond motifs is 1. The Morgan fingerprint density at radius 3 is 2.70 bits per heavy atom. The van der Waals surface area contributed by atoms with Crippen molar-refractivity contribution in [2.24, 2.45) is 0 Å². The number of benzene rings is 2. The van der Waals surface area contributed by atoms with E-state index in [2.05, 4.69) is 15.0 Å². The van der Waals surface area contributed by atoms with Crippen molar-refractivity contribution >= 4 is 39.1 Å². The van der Waals surface area contributed by atoms with Gasteiger partial charge in [0.1, 0.15) is 11.6 Å². The van der Waals surface area contributed by atoms with Crippen molar-refractivity contribution in [3.05, 3.63) is 58.6 Å². The first-order valence-electron chi connectivity index (χ1n) is 8.19. The second-order valence-electron chi connectivity index (χ2n) is 5.78. The van der Waals surface area contributed by atoms with E-state index in [-0.39, 0.29) is 12.1 Å². The van der Waals surface area contributed by atoms with E-state index in [0.717, 1.165) is 28.4 Å². The molecule has 27 heavy (non-hydrogen) atoms. The van der Waals surface area contributed by atoms with Crippen LogP contribution >= 0.6 is 11.3 Å². The molecular weight excluding hydrogens is 374 g/mol. The zero-order chi connectivity index (χ0) is 19.4. The van der Waals surface area contributed by atoms with E-state index in [0.29, 0.717) is 18.9 Å². The average molecular weight is 390 g/mol. The van der Waals surface area contributed by atoms with Crippen LogP contribution in [0.5, 0.6) is 0 Å². The molecule has 140 valence electrons. The average Bonchev–Trinajstić information content (AvgIpc) is 3.06. The van der Waals surface area contributed by atoms with Crippen LogP contribution in [0.3, 0.4) is 0 Å². The standard InChI is InChI=1S/C19H16F2N2O3S/c1-26-19(25)11-9-15(13(21)10-12(11)20)22-17(24)7-4-8-18-23-14-5-2-3-6-16(14)27-18/h2-3,5-6,9-10H,4,7-8H2,1H3,(H,22,24). The van der Waals surface area contributed by atoms with Crippen LogP contribution in [0.15, 0.2) is 36.4 Å². The van der Waals surface area contributed by atoms with Gasteiger partial charge in [-0.05, 0) is 31.0 Å². The van der Waals surface area contributed by atoms with Crippen molar-refractivity contribution in [2.45, 2.75) is 19.3 Å². The molecule has 1 amide bonds. The monoisotopic (exact) mass is 390 g/mol. The maximum absolute atomic E-state index is 13.8. The van der Waals surface area contributed by atoms with E-state index < -0.39 is 29.1 Å². The van der Waals surface area contributed by atoms with Crippen molar-refractivity contribution in [2.75, 3.05) is 12.4 Å². The number of aryl methyl sites for hydroxylation is 1. The number of para-hydroxylation sites is 1. The fourth-order valence-electron chi connectivity index (χ4n) is 2.55. The summed E-state index contributed by atoms with van der Waals surface area (Å²) in [6.45, 7) is 0. The van der Waals surface area contributed by atoms with Gasteiger partial charge in [-0.2, -0.15) is 0 Å². The fraction of sp³-hybridized carbons (Fsp3) is 0.211. The number of nitrogens with one attached hydrogen (secondary N) is 1. The van der Waals surface area contributed by atoms with E-state index in [9.17, 15) is 18.4 Å². The number of ether oxygens (including phenoxy) is 1. The third-order valence-corrected chi connectivity index (χ3v) is 4.96. The first-order valence-corrected chi connectivity index (χ1v) is 9.01. The molecule has 0 fully saturated rings. The minimum atomic E-state index is -1.05. The summed E-state index contributed by atoms with van der Waals surface area (Å²) in [4.78, 5) is 28.0. The molecule has 0 aliphatic rings. The summed E-state index contributed by atoms with van der Waals surface area (Å²) in [6.07, 6.45) is 1.28. The van der Waals surface area contributed by atoms with Crippen LogP contribution < -0.4 is 5.32 Å². The molecule has 3 aromatic rings. The molecule has 1 aromatic heterocycles. The van der Waals surface area contributed by atoms with E-state index in [1.165, 1.54) is 0 Å². The molecule has 0 atom stereocenters. The lowest BCUT2D eigenvalue weighted by Crippen LogP contribution is -2.14. The Morgan fingerprint density at radius 1 is 1.19 bits per heavy atom. The molecule has 0 saturated heterocycles. The van der Waals surface area contributed by atoms with Crippen LogP contribution in [-0.4, -0.2) is 24.0 Å². The van der Waals surface area contributed by atoms with E-state index in [1.54, 1.807) is 11.3 Å². The van der Waals surface area contributed by atoms with Crippen molar-refractivity contribution in [3.63, 3.8) is 0 Å². The number of rotatable bonds is 6. The molecule has 3 rings (SSSR count). The van der Waals surface area contributed by atoms with Gasteiger partial charge in [0.2, 0.25) is 5.91 Å². The van der Waals surface area contributed by atoms with Gasteiger partial charge in [-0.1, -0.05) is 12.1 Å². The van der Waals surface area contributed by atoms with Gasteiger partial charge in [0.05, 0.1) is 33.6 Å². The summed E-state index contributed by atoms with van der Waals surface area (Å²) in [7, 11) is 1.09. The van der Waals surface area contributed by atoms with Crippen LogP contribution in [-0.2, 0) is 16.0 Å². The predicted molar refractivity (Wildman–Crippen MR) is 98.9 cm³/mol. The molecule has 8 heteroatoms. The lowest BCUT2D eigenvalue weighted by molar-refractivity contribution is -0.116.